The van der Waals surface area contributed by atoms with Crippen LogP contribution in [-0.4, -0.2) is 23.8 Å². The van der Waals surface area contributed by atoms with E-state index in [1.807, 2.05) is 30.3 Å². The number of carbonyl (C=O) groups excluding carboxylic acids is 1. The number of carbonyl (C=O) groups is 1. The van der Waals surface area contributed by atoms with Gasteiger partial charge in [-0.05, 0) is 13.2 Å². The van der Waals surface area contributed by atoms with Crippen LogP contribution in [0.1, 0.15) is 6.92 Å². The van der Waals surface area contributed by atoms with Crippen molar-refractivity contribution in [3.8, 4) is 0 Å². The zero-order valence-electron chi connectivity index (χ0n) is 8.01. The summed E-state index contributed by atoms with van der Waals surface area (Å²) in [6.07, 6.45) is 0.345. The lowest BCUT2D eigenvalue weighted by Gasteiger charge is -2.14. The van der Waals surface area contributed by atoms with E-state index in [9.17, 15) is 4.79 Å². The van der Waals surface area contributed by atoms with Crippen LogP contribution in [0.25, 0.3) is 0 Å². The van der Waals surface area contributed by atoms with Gasteiger partial charge in [0, 0.05) is 6.92 Å². The van der Waals surface area contributed by atoms with Crippen molar-refractivity contribution in [1.29, 1.82) is 0 Å². The van der Waals surface area contributed by atoms with E-state index in [4.69, 9.17) is 9.84 Å². The van der Waals surface area contributed by atoms with Gasteiger partial charge >= 0.3 is 5.97 Å². The Morgan fingerprint density at radius 2 is 2.07 bits per heavy atom. The van der Waals surface area contributed by atoms with E-state index >= 15 is 0 Å². The first-order valence-corrected chi connectivity index (χ1v) is 5.99. The van der Waals surface area contributed by atoms with E-state index in [0.717, 1.165) is 5.30 Å². The molecule has 76 valence electrons. The number of hydrogen-bond donors (Lipinski definition) is 1. The first-order chi connectivity index (χ1) is 6.74. The molecule has 0 aromatic heterocycles. The molecule has 0 radical (unpaired) electrons. The average Bonchev–Trinajstić information content (AvgIpc) is 2.20. The summed E-state index contributed by atoms with van der Waals surface area (Å²) in [5.74, 6) is -0.304. The molecule has 0 unspecified atom stereocenters. The summed E-state index contributed by atoms with van der Waals surface area (Å²) in [5.41, 5.74) is 0. The molecule has 0 saturated heterocycles. The maximum atomic E-state index is 10.6. The first kappa shape index (κ1) is 11.2. The smallest absolute Gasteiger partial charge is 0.302 e. The molecule has 1 rings (SSSR count). The van der Waals surface area contributed by atoms with Gasteiger partial charge in [0.15, 0.2) is 0 Å². The molecule has 0 fully saturated rings. The quantitative estimate of drug-likeness (QED) is 0.603. The number of benzene rings is 1. The summed E-state index contributed by atoms with van der Waals surface area (Å²) < 4.78 is 4.88. The molecular weight excluding hydrogens is 199 g/mol. The summed E-state index contributed by atoms with van der Waals surface area (Å²) >= 11 is 0. The van der Waals surface area contributed by atoms with E-state index in [2.05, 4.69) is 0 Å². The highest BCUT2D eigenvalue weighted by Crippen LogP contribution is 2.32. The Morgan fingerprint density at radius 1 is 1.43 bits per heavy atom. The fourth-order valence-electron chi connectivity index (χ4n) is 1.00. The molecule has 0 heterocycles. The Bertz CT molecular complexity index is 287. The topological polar surface area (TPSA) is 46.5 Å². The van der Waals surface area contributed by atoms with Gasteiger partial charge in [-0.15, -0.1) is 0 Å². The summed E-state index contributed by atoms with van der Waals surface area (Å²) in [4.78, 5) is 10.6. The van der Waals surface area contributed by atoms with Crippen LogP contribution in [0.4, 0.5) is 0 Å². The van der Waals surface area contributed by atoms with Crippen LogP contribution in [0.3, 0.4) is 0 Å². The molecule has 0 amide bonds. The number of rotatable bonds is 4. The number of ether oxygens (including phenoxy) is 1. The molecule has 1 N–H and O–H groups in total. The van der Waals surface area contributed by atoms with Crippen LogP contribution in [0, 0.1) is 0 Å². The number of aliphatic hydroxyl groups excluding tert-OH is 1. The standard InChI is InChI=1S/C10H13O3P/c1-9(12)13-8-14(7-11)10-5-3-2-4-6-10/h2-6,11H,7-8H2,1H3/t14-/m0/s1. The lowest BCUT2D eigenvalue weighted by molar-refractivity contribution is -0.138. The van der Waals surface area contributed by atoms with Gasteiger partial charge in [-0.2, -0.15) is 0 Å². The second kappa shape index (κ2) is 5.74. The van der Waals surface area contributed by atoms with Crippen molar-refractivity contribution in [3.05, 3.63) is 30.3 Å². The Balaban J connectivity index is 2.58. The number of esters is 1. The molecular formula is C10H13O3P. The third-order valence-corrected chi connectivity index (χ3v) is 3.53. The van der Waals surface area contributed by atoms with Crippen molar-refractivity contribution in [2.24, 2.45) is 0 Å². The fourth-order valence-corrected chi connectivity index (χ4v) is 2.33. The van der Waals surface area contributed by atoms with Crippen LogP contribution >= 0.6 is 7.92 Å². The second-order valence-corrected chi connectivity index (χ2v) is 4.92. The maximum Gasteiger partial charge on any atom is 0.302 e. The van der Waals surface area contributed by atoms with Crippen molar-refractivity contribution in [1.82, 2.24) is 0 Å². The molecule has 0 bridgehead atoms. The van der Waals surface area contributed by atoms with Crippen molar-refractivity contribution in [2.75, 3.05) is 12.7 Å². The maximum absolute atomic E-state index is 10.6. The molecule has 0 aliphatic rings. The van der Waals surface area contributed by atoms with Crippen LogP contribution in [0.2, 0.25) is 0 Å². The number of hydrogen-bond acceptors (Lipinski definition) is 3. The molecule has 0 spiro atoms. The van der Waals surface area contributed by atoms with Gasteiger partial charge in [-0.3, -0.25) is 4.79 Å². The zero-order chi connectivity index (χ0) is 10.4. The SMILES string of the molecule is CC(=O)OC[P@](CO)c1ccccc1. The molecule has 1 atom stereocenters. The Hall–Kier alpha value is -0.920. The van der Waals surface area contributed by atoms with Crippen molar-refractivity contribution in [2.45, 2.75) is 6.92 Å². The lowest BCUT2D eigenvalue weighted by atomic mass is 10.4. The van der Waals surface area contributed by atoms with E-state index in [1.54, 1.807) is 0 Å². The Labute approximate surface area is 84.5 Å². The van der Waals surface area contributed by atoms with Crippen molar-refractivity contribution >= 4 is 19.2 Å². The van der Waals surface area contributed by atoms with Gasteiger partial charge in [-0.1, -0.05) is 30.3 Å². The minimum Gasteiger partial charge on any atom is -0.461 e. The summed E-state index contributed by atoms with van der Waals surface area (Å²) in [6.45, 7) is 1.37. The third-order valence-electron chi connectivity index (χ3n) is 1.72. The molecule has 3 nitrogen and oxygen atoms in total. The van der Waals surface area contributed by atoms with Gasteiger partial charge in [-0.25, -0.2) is 0 Å². The van der Waals surface area contributed by atoms with E-state index < -0.39 is 7.92 Å². The van der Waals surface area contributed by atoms with E-state index in [1.165, 1.54) is 6.92 Å². The van der Waals surface area contributed by atoms with E-state index in [-0.39, 0.29) is 12.3 Å². The van der Waals surface area contributed by atoms with Crippen LogP contribution in [0.5, 0.6) is 0 Å². The predicted molar refractivity (Wildman–Crippen MR) is 56.7 cm³/mol. The predicted octanol–water partition coefficient (Wildman–Crippen LogP) is 1.26. The van der Waals surface area contributed by atoms with Gasteiger partial charge in [0.25, 0.3) is 0 Å². The molecule has 0 saturated carbocycles. The summed E-state index contributed by atoms with van der Waals surface area (Å²) in [6, 6.07) is 9.61. The highest BCUT2D eigenvalue weighted by Gasteiger charge is 2.10. The van der Waals surface area contributed by atoms with Crippen molar-refractivity contribution in [3.63, 3.8) is 0 Å². The van der Waals surface area contributed by atoms with Gasteiger partial charge in [0.05, 0.1) is 6.35 Å². The minimum atomic E-state index is -0.774. The first-order valence-electron chi connectivity index (χ1n) is 4.28. The van der Waals surface area contributed by atoms with Crippen LogP contribution in [-0.2, 0) is 9.53 Å². The highest BCUT2D eigenvalue weighted by molar-refractivity contribution is 7.65. The largest absolute Gasteiger partial charge is 0.461 e. The molecule has 1 aromatic carbocycles. The molecule has 1 aromatic rings. The molecule has 0 aliphatic carbocycles. The normalized spacial score (nSPS) is 12.1. The minimum absolute atomic E-state index is 0.0482. The van der Waals surface area contributed by atoms with Crippen LogP contribution < -0.4 is 5.30 Å². The summed E-state index contributed by atoms with van der Waals surface area (Å²) in [5, 5.41) is 10.2. The number of aliphatic hydroxyl groups is 1. The lowest BCUT2D eigenvalue weighted by Crippen LogP contribution is -2.09. The van der Waals surface area contributed by atoms with Crippen molar-refractivity contribution < 1.29 is 14.6 Å². The third kappa shape index (κ3) is 3.44. The summed E-state index contributed by atoms with van der Waals surface area (Å²) in [7, 11) is -0.774. The van der Waals surface area contributed by atoms with Gasteiger partial charge < -0.3 is 9.84 Å². The van der Waals surface area contributed by atoms with E-state index in [0.29, 0.717) is 6.35 Å². The average molecular weight is 212 g/mol. The Morgan fingerprint density at radius 3 is 2.57 bits per heavy atom. The van der Waals surface area contributed by atoms with Crippen LogP contribution in [0.15, 0.2) is 30.3 Å². The zero-order valence-corrected chi connectivity index (χ0v) is 8.91. The molecule has 4 heteroatoms. The Kier molecular flexibility index (Phi) is 4.57. The fraction of sp³-hybridized carbons (Fsp3) is 0.300. The van der Waals surface area contributed by atoms with Gasteiger partial charge in [0.2, 0.25) is 0 Å². The van der Waals surface area contributed by atoms with Gasteiger partial charge in [0.1, 0.15) is 6.35 Å². The monoisotopic (exact) mass is 212 g/mol. The second-order valence-electron chi connectivity index (χ2n) is 2.78. The highest BCUT2D eigenvalue weighted by atomic mass is 31.1. The molecule has 0 aliphatic heterocycles. The molecule has 14 heavy (non-hydrogen) atoms.